The molecule has 0 saturated carbocycles. The first-order valence-electron chi connectivity index (χ1n) is 13.2. The van der Waals surface area contributed by atoms with E-state index in [0.717, 1.165) is 11.1 Å². The van der Waals surface area contributed by atoms with Crippen LogP contribution in [0, 0.1) is 11.3 Å². The van der Waals surface area contributed by atoms with Crippen LogP contribution in [0.25, 0.3) is 16.7 Å². The van der Waals surface area contributed by atoms with Gasteiger partial charge in [-0.05, 0) is 35.6 Å². The highest BCUT2D eigenvalue weighted by atomic mass is 16.5. The predicted octanol–water partition coefficient (Wildman–Crippen LogP) is 6.27. The van der Waals surface area contributed by atoms with E-state index in [1.54, 1.807) is 36.4 Å². The fourth-order valence-electron chi connectivity index (χ4n) is 4.96. The lowest BCUT2D eigenvalue weighted by Crippen LogP contribution is -2.14. The van der Waals surface area contributed by atoms with Gasteiger partial charge in [0.15, 0.2) is 0 Å². The Balaban J connectivity index is 1.70. The van der Waals surface area contributed by atoms with Gasteiger partial charge in [0, 0.05) is 34.2 Å². The minimum absolute atomic E-state index is 0.155. The third-order valence-corrected chi connectivity index (χ3v) is 6.99. The monoisotopic (exact) mass is 547 g/mol. The number of methoxy groups -OCH3 is 1. The highest BCUT2D eigenvalue weighted by Crippen LogP contribution is 2.43. The van der Waals surface area contributed by atoms with Gasteiger partial charge < -0.3 is 19.6 Å². The number of aliphatic imine (C=N–C) groups is 1. The molecule has 8 heteroatoms. The largest absolute Gasteiger partial charge is 0.480 e. The summed E-state index contributed by atoms with van der Waals surface area (Å²) in [6.07, 6.45) is 0.632. The Morgan fingerprint density at radius 1 is 1.05 bits per heavy atom. The van der Waals surface area contributed by atoms with Gasteiger partial charge in [0.25, 0.3) is 11.9 Å². The molecule has 2 heterocycles. The van der Waals surface area contributed by atoms with Crippen molar-refractivity contribution in [3.05, 3.63) is 100 Å². The fraction of sp³-hybridized carbons (Fsp3) is 0.212. The minimum Gasteiger partial charge on any atom is -0.480 e. The first-order chi connectivity index (χ1) is 19.6. The van der Waals surface area contributed by atoms with Crippen molar-refractivity contribution in [2.45, 2.75) is 39.0 Å². The van der Waals surface area contributed by atoms with Crippen molar-refractivity contribution in [1.82, 2.24) is 0 Å². The molecule has 0 radical (unpaired) electrons. The van der Waals surface area contributed by atoms with Gasteiger partial charge in [0.1, 0.15) is 17.2 Å². The van der Waals surface area contributed by atoms with Gasteiger partial charge >= 0.3 is 5.97 Å². The number of aryl methyl sites for hydroxylation is 1. The number of benzene rings is 3. The molecule has 1 amide bonds. The molecule has 41 heavy (non-hydrogen) atoms. The maximum atomic E-state index is 13.2. The highest BCUT2D eigenvalue weighted by molar-refractivity contribution is 6.28. The van der Waals surface area contributed by atoms with Crippen molar-refractivity contribution in [2.24, 2.45) is 4.99 Å². The molecule has 4 aromatic rings. The Hall–Kier alpha value is -5.16. The SMILES string of the molecule is COC(=O)CCc1cc(C(C)(C)C)c2oc(O)c(C3=N/C(=C(/C#N)C(=O)Nc4ccccc4)c4ccccc43)c2c1. The Morgan fingerprint density at radius 3 is 2.39 bits per heavy atom. The first kappa shape index (κ1) is 27.4. The summed E-state index contributed by atoms with van der Waals surface area (Å²) < 4.78 is 10.8. The Bertz CT molecular complexity index is 1780. The topological polar surface area (TPSA) is 125 Å². The third kappa shape index (κ3) is 5.22. The van der Waals surface area contributed by atoms with Gasteiger partial charge in [0.2, 0.25) is 0 Å². The van der Waals surface area contributed by atoms with E-state index in [9.17, 15) is 20.0 Å². The maximum Gasteiger partial charge on any atom is 0.305 e. The van der Waals surface area contributed by atoms with Gasteiger partial charge in [-0.25, -0.2) is 4.99 Å². The molecule has 0 fully saturated rings. The van der Waals surface area contributed by atoms with E-state index < -0.39 is 5.91 Å². The molecule has 3 aromatic carbocycles. The van der Waals surface area contributed by atoms with Gasteiger partial charge in [-0.2, -0.15) is 5.26 Å². The smallest absolute Gasteiger partial charge is 0.305 e. The standard InChI is InChI=1S/C33H29N3O5/c1-33(2,3)25-17-19(14-15-26(37)40-4)16-23-27(32(39)41-30(23)25)29-22-13-9-8-12-21(22)28(36-29)24(18-34)31(38)35-20-10-6-5-7-11-20/h5-13,16-17,39H,14-15H2,1-4H3,(H,35,38)/b28-24-. The zero-order chi connectivity index (χ0) is 29.3. The van der Waals surface area contributed by atoms with E-state index in [4.69, 9.17) is 14.1 Å². The van der Waals surface area contributed by atoms with Crippen LogP contribution < -0.4 is 5.32 Å². The van der Waals surface area contributed by atoms with Crippen molar-refractivity contribution in [3.63, 3.8) is 0 Å². The fourth-order valence-corrected chi connectivity index (χ4v) is 4.96. The van der Waals surface area contributed by atoms with Gasteiger partial charge in [-0.1, -0.05) is 69.3 Å². The van der Waals surface area contributed by atoms with Gasteiger partial charge in [-0.3, -0.25) is 9.59 Å². The van der Waals surface area contributed by atoms with Crippen LogP contribution in [0.1, 0.15) is 55.0 Å². The number of ether oxygens (including phenoxy) is 1. The molecule has 0 aliphatic carbocycles. The first-order valence-corrected chi connectivity index (χ1v) is 13.2. The molecule has 2 N–H and O–H groups in total. The summed E-state index contributed by atoms with van der Waals surface area (Å²) in [5.74, 6) is -1.23. The van der Waals surface area contributed by atoms with Crippen molar-refractivity contribution in [3.8, 4) is 12.0 Å². The molecule has 1 aromatic heterocycles. The minimum atomic E-state index is -0.588. The number of hydrogen-bond acceptors (Lipinski definition) is 7. The number of hydrogen-bond donors (Lipinski definition) is 2. The van der Waals surface area contributed by atoms with Crippen LogP contribution >= 0.6 is 0 Å². The molecular formula is C33H29N3O5. The number of nitriles is 1. The Labute approximate surface area is 237 Å². The molecule has 1 aliphatic heterocycles. The summed E-state index contributed by atoms with van der Waals surface area (Å²) in [6.45, 7) is 6.12. The van der Waals surface area contributed by atoms with Crippen LogP contribution in [-0.2, 0) is 26.2 Å². The molecule has 0 bridgehead atoms. The number of nitrogens with one attached hydrogen (secondary N) is 1. The second-order valence-corrected chi connectivity index (χ2v) is 10.8. The number of nitrogens with zero attached hydrogens (tertiary/aromatic N) is 2. The van der Waals surface area contributed by atoms with E-state index in [1.165, 1.54) is 7.11 Å². The second-order valence-electron chi connectivity index (χ2n) is 10.8. The predicted molar refractivity (Wildman–Crippen MR) is 157 cm³/mol. The number of esters is 1. The molecule has 0 atom stereocenters. The summed E-state index contributed by atoms with van der Waals surface area (Å²) in [5.41, 5.74) is 4.48. The zero-order valence-corrected chi connectivity index (χ0v) is 23.2. The lowest BCUT2D eigenvalue weighted by molar-refractivity contribution is -0.140. The van der Waals surface area contributed by atoms with E-state index in [-0.39, 0.29) is 35.0 Å². The Kier molecular flexibility index (Phi) is 7.21. The summed E-state index contributed by atoms with van der Waals surface area (Å²) in [4.78, 5) is 29.9. The lowest BCUT2D eigenvalue weighted by atomic mass is 9.83. The number of amides is 1. The van der Waals surface area contributed by atoms with Gasteiger partial charge in [0.05, 0.1) is 24.1 Å². The Morgan fingerprint density at radius 2 is 1.73 bits per heavy atom. The normalized spacial score (nSPS) is 13.8. The van der Waals surface area contributed by atoms with Crippen molar-refractivity contribution < 1.29 is 23.8 Å². The quantitative estimate of drug-likeness (QED) is 0.167. The van der Waals surface area contributed by atoms with E-state index in [2.05, 4.69) is 5.32 Å². The van der Waals surface area contributed by atoms with Crippen LogP contribution in [0.4, 0.5) is 5.69 Å². The van der Waals surface area contributed by atoms with E-state index in [0.29, 0.717) is 45.5 Å². The van der Waals surface area contributed by atoms with E-state index >= 15 is 0 Å². The molecule has 206 valence electrons. The number of aromatic hydroxyl groups is 1. The zero-order valence-electron chi connectivity index (χ0n) is 23.2. The molecule has 8 nitrogen and oxygen atoms in total. The van der Waals surface area contributed by atoms with Crippen molar-refractivity contribution in [2.75, 3.05) is 12.4 Å². The molecule has 0 saturated heterocycles. The number of carbonyl (C=O) groups excluding carboxylic acids is 2. The molecular weight excluding hydrogens is 518 g/mol. The number of anilines is 1. The number of furan rings is 1. The molecule has 1 aliphatic rings. The summed E-state index contributed by atoms with van der Waals surface area (Å²) >= 11 is 0. The molecule has 0 spiro atoms. The van der Waals surface area contributed by atoms with Gasteiger partial charge in [-0.15, -0.1) is 0 Å². The number of rotatable bonds is 6. The van der Waals surface area contributed by atoms with Crippen LogP contribution in [0.15, 0.2) is 81.7 Å². The molecule has 5 rings (SSSR count). The van der Waals surface area contributed by atoms with Crippen LogP contribution in [0.3, 0.4) is 0 Å². The van der Waals surface area contributed by atoms with Crippen molar-refractivity contribution >= 4 is 39.9 Å². The lowest BCUT2D eigenvalue weighted by Gasteiger charge is -2.20. The van der Waals surface area contributed by atoms with Crippen LogP contribution in [0.5, 0.6) is 5.95 Å². The van der Waals surface area contributed by atoms with E-state index in [1.807, 2.05) is 57.2 Å². The summed E-state index contributed by atoms with van der Waals surface area (Å²) in [7, 11) is 1.36. The average Bonchev–Trinajstić information content (AvgIpc) is 3.48. The third-order valence-electron chi connectivity index (χ3n) is 6.99. The number of carbonyl (C=O) groups is 2. The average molecular weight is 548 g/mol. The van der Waals surface area contributed by atoms with Crippen LogP contribution in [-0.4, -0.2) is 29.8 Å². The number of fused-ring (bicyclic) bond motifs is 2. The second kappa shape index (κ2) is 10.8. The number of para-hydroxylation sites is 1. The summed E-state index contributed by atoms with van der Waals surface area (Å²) in [6, 6.07) is 22.0. The summed E-state index contributed by atoms with van der Waals surface area (Å²) in [5, 5.41) is 24.6. The highest BCUT2D eigenvalue weighted by Gasteiger charge is 2.32. The molecule has 0 unspecified atom stereocenters. The maximum absolute atomic E-state index is 13.2. The van der Waals surface area contributed by atoms with Crippen molar-refractivity contribution in [1.29, 1.82) is 5.26 Å². The van der Waals surface area contributed by atoms with Crippen LogP contribution in [0.2, 0.25) is 0 Å².